The minimum atomic E-state index is -0.138. The van der Waals surface area contributed by atoms with Crippen molar-refractivity contribution in [2.24, 2.45) is 5.84 Å². The third-order valence-corrected chi connectivity index (χ3v) is 2.86. The highest BCUT2D eigenvalue weighted by atomic mass is 16.3. The Balaban J connectivity index is 2.01. The highest BCUT2D eigenvalue weighted by molar-refractivity contribution is 5.94. The summed E-state index contributed by atoms with van der Waals surface area (Å²) in [6, 6.07) is 9.01. The molecule has 2 aromatic rings. The molecule has 0 saturated carbocycles. The summed E-state index contributed by atoms with van der Waals surface area (Å²) < 4.78 is 5.39. The van der Waals surface area contributed by atoms with Crippen LogP contribution in [-0.2, 0) is 6.54 Å². The van der Waals surface area contributed by atoms with Crippen LogP contribution >= 0.6 is 0 Å². The van der Waals surface area contributed by atoms with E-state index in [-0.39, 0.29) is 5.91 Å². The summed E-state index contributed by atoms with van der Waals surface area (Å²) in [4.78, 5) is 12.0. The van der Waals surface area contributed by atoms with Crippen molar-refractivity contribution in [3.8, 4) is 0 Å². The average molecular weight is 259 g/mol. The first-order valence-corrected chi connectivity index (χ1v) is 6.01. The number of nitrogens with one attached hydrogen (secondary N) is 2. The Bertz CT molecular complexity index is 590. The SMILES string of the molecule is Cc1ccc(CNC(=O)c2ccc(NN)c(C)c2)o1. The van der Waals surface area contributed by atoms with Gasteiger partial charge in [0.25, 0.3) is 5.91 Å². The lowest BCUT2D eigenvalue weighted by molar-refractivity contribution is 0.0948. The predicted octanol–water partition coefficient (Wildman–Crippen LogP) is 2.11. The van der Waals surface area contributed by atoms with Crippen molar-refractivity contribution in [2.45, 2.75) is 20.4 Å². The minimum Gasteiger partial charge on any atom is -0.465 e. The van der Waals surface area contributed by atoms with E-state index in [4.69, 9.17) is 10.3 Å². The van der Waals surface area contributed by atoms with Crippen molar-refractivity contribution in [3.63, 3.8) is 0 Å². The van der Waals surface area contributed by atoms with Gasteiger partial charge in [0.15, 0.2) is 0 Å². The summed E-state index contributed by atoms with van der Waals surface area (Å²) in [6.07, 6.45) is 0. The topological polar surface area (TPSA) is 80.3 Å². The maximum Gasteiger partial charge on any atom is 0.251 e. The molecule has 1 aromatic carbocycles. The number of benzene rings is 1. The number of nitrogen functional groups attached to an aromatic ring is 1. The van der Waals surface area contributed by atoms with Gasteiger partial charge < -0.3 is 15.2 Å². The Labute approximate surface area is 111 Å². The van der Waals surface area contributed by atoms with Crippen molar-refractivity contribution in [2.75, 3.05) is 5.43 Å². The zero-order valence-corrected chi connectivity index (χ0v) is 11.0. The van der Waals surface area contributed by atoms with Gasteiger partial charge in [0.05, 0.1) is 12.2 Å². The molecule has 0 bridgehead atoms. The maximum absolute atomic E-state index is 12.0. The van der Waals surface area contributed by atoms with Crippen LogP contribution in [0.25, 0.3) is 0 Å². The van der Waals surface area contributed by atoms with Crippen LogP contribution < -0.4 is 16.6 Å². The molecule has 0 saturated heterocycles. The molecule has 19 heavy (non-hydrogen) atoms. The van der Waals surface area contributed by atoms with Crippen LogP contribution in [-0.4, -0.2) is 5.91 Å². The molecule has 100 valence electrons. The van der Waals surface area contributed by atoms with Crippen LogP contribution in [0.5, 0.6) is 0 Å². The number of rotatable bonds is 4. The molecular formula is C14H17N3O2. The lowest BCUT2D eigenvalue weighted by atomic mass is 10.1. The first kappa shape index (κ1) is 13.2. The molecule has 0 fully saturated rings. The van der Waals surface area contributed by atoms with Crippen LogP contribution in [0.3, 0.4) is 0 Å². The normalized spacial score (nSPS) is 10.3. The van der Waals surface area contributed by atoms with Gasteiger partial charge in [-0.05, 0) is 49.7 Å². The van der Waals surface area contributed by atoms with Gasteiger partial charge in [-0.1, -0.05) is 0 Å². The van der Waals surface area contributed by atoms with Crippen molar-refractivity contribution >= 4 is 11.6 Å². The van der Waals surface area contributed by atoms with Crippen molar-refractivity contribution in [1.29, 1.82) is 0 Å². The van der Waals surface area contributed by atoms with Gasteiger partial charge in [0.2, 0.25) is 0 Å². The monoisotopic (exact) mass is 259 g/mol. The first-order valence-electron chi connectivity index (χ1n) is 6.01. The maximum atomic E-state index is 12.0. The standard InChI is InChI=1S/C14H17N3O2/c1-9-7-11(4-6-13(9)17-15)14(18)16-8-12-5-3-10(2)19-12/h3-7,17H,8,15H2,1-2H3,(H,16,18). The van der Waals surface area contributed by atoms with Gasteiger partial charge >= 0.3 is 0 Å². The molecule has 5 nitrogen and oxygen atoms in total. The lowest BCUT2D eigenvalue weighted by Gasteiger charge is -2.08. The largest absolute Gasteiger partial charge is 0.465 e. The van der Waals surface area contributed by atoms with Gasteiger partial charge in [-0.2, -0.15) is 0 Å². The van der Waals surface area contributed by atoms with Crippen LogP contribution in [0.2, 0.25) is 0 Å². The first-order chi connectivity index (χ1) is 9.10. The van der Waals surface area contributed by atoms with Crippen LogP contribution in [0.1, 0.15) is 27.4 Å². The number of hydrazine groups is 1. The van der Waals surface area contributed by atoms with E-state index in [0.717, 1.165) is 22.8 Å². The number of amides is 1. The van der Waals surface area contributed by atoms with Gasteiger partial charge in [-0.15, -0.1) is 0 Å². The molecule has 0 unspecified atom stereocenters. The molecule has 0 aliphatic rings. The number of carbonyl (C=O) groups excluding carboxylic acids is 1. The van der Waals surface area contributed by atoms with E-state index in [1.165, 1.54) is 0 Å². The van der Waals surface area contributed by atoms with E-state index < -0.39 is 0 Å². The van der Waals surface area contributed by atoms with Crippen LogP contribution in [0, 0.1) is 13.8 Å². The second-order valence-corrected chi connectivity index (χ2v) is 4.37. The average Bonchev–Trinajstić information content (AvgIpc) is 2.81. The fourth-order valence-electron chi connectivity index (χ4n) is 1.82. The van der Waals surface area contributed by atoms with Crippen molar-refractivity contribution in [1.82, 2.24) is 5.32 Å². The van der Waals surface area contributed by atoms with E-state index in [2.05, 4.69) is 10.7 Å². The third kappa shape index (κ3) is 3.14. The number of hydrogen-bond acceptors (Lipinski definition) is 4. The molecule has 5 heteroatoms. The number of furan rings is 1. The summed E-state index contributed by atoms with van der Waals surface area (Å²) in [5, 5.41) is 2.81. The smallest absolute Gasteiger partial charge is 0.251 e. The predicted molar refractivity (Wildman–Crippen MR) is 73.6 cm³/mol. The number of hydrogen-bond donors (Lipinski definition) is 3. The Morgan fingerprint density at radius 1 is 1.26 bits per heavy atom. The fourth-order valence-corrected chi connectivity index (χ4v) is 1.82. The quantitative estimate of drug-likeness (QED) is 0.580. The highest BCUT2D eigenvalue weighted by Gasteiger charge is 2.08. The van der Waals surface area contributed by atoms with Crippen molar-refractivity contribution in [3.05, 3.63) is 53.0 Å². The number of aryl methyl sites for hydroxylation is 2. The summed E-state index contributed by atoms with van der Waals surface area (Å²) in [5.41, 5.74) is 4.90. The van der Waals surface area contributed by atoms with Crippen molar-refractivity contribution < 1.29 is 9.21 Å². The molecule has 1 heterocycles. The molecule has 0 aliphatic heterocycles. The summed E-state index contributed by atoms with van der Waals surface area (Å²) >= 11 is 0. The Morgan fingerprint density at radius 3 is 2.63 bits per heavy atom. The Hall–Kier alpha value is -2.27. The summed E-state index contributed by atoms with van der Waals surface area (Å²) in [7, 11) is 0. The van der Waals surface area contributed by atoms with Gasteiger partial charge in [-0.3, -0.25) is 10.6 Å². The second kappa shape index (κ2) is 5.58. The zero-order valence-electron chi connectivity index (χ0n) is 11.0. The molecule has 4 N–H and O–H groups in total. The summed E-state index contributed by atoms with van der Waals surface area (Å²) in [5.74, 6) is 6.78. The highest BCUT2D eigenvalue weighted by Crippen LogP contribution is 2.15. The Morgan fingerprint density at radius 2 is 2.05 bits per heavy atom. The molecule has 0 spiro atoms. The molecule has 0 atom stereocenters. The van der Waals surface area contributed by atoms with Gasteiger partial charge in [-0.25, -0.2) is 0 Å². The van der Waals surface area contributed by atoms with E-state index in [9.17, 15) is 4.79 Å². The zero-order chi connectivity index (χ0) is 13.8. The van der Waals surface area contributed by atoms with Crippen LogP contribution in [0.15, 0.2) is 34.7 Å². The third-order valence-electron chi connectivity index (χ3n) is 2.86. The van der Waals surface area contributed by atoms with Gasteiger partial charge in [0, 0.05) is 5.56 Å². The van der Waals surface area contributed by atoms with E-state index in [1.54, 1.807) is 18.2 Å². The van der Waals surface area contributed by atoms with Crippen LogP contribution in [0.4, 0.5) is 5.69 Å². The number of carbonyl (C=O) groups is 1. The molecule has 1 aromatic heterocycles. The van der Waals surface area contributed by atoms with E-state index in [0.29, 0.717) is 12.1 Å². The van der Waals surface area contributed by atoms with Gasteiger partial charge in [0.1, 0.15) is 11.5 Å². The lowest BCUT2D eigenvalue weighted by Crippen LogP contribution is -2.22. The Kier molecular flexibility index (Phi) is 3.87. The molecule has 1 amide bonds. The van der Waals surface area contributed by atoms with E-state index in [1.807, 2.05) is 26.0 Å². The minimum absolute atomic E-state index is 0.138. The molecule has 2 rings (SSSR count). The molecule has 0 aliphatic carbocycles. The fraction of sp³-hybridized carbons (Fsp3) is 0.214. The second-order valence-electron chi connectivity index (χ2n) is 4.37. The number of nitrogens with two attached hydrogens (primary N) is 1. The van der Waals surface area contributed by atoms with E-state index >= 15 is 0 Å². The molecular weight excluding hydrogens is 242 g/mol. The summed E-state index contributed by atoms with van der Waals surface area (Å²) in [6.45, 7) is 4.14. The number of anilines is 1. The molecule has 0 radical (unpaired) electrons.